The molecule has 49 heavy (non-hydrogen) atoms. The highest BCUT2D eigenvalue weighted by Gasteiger charge is 2.18. The maximum absolute atomic E-state index is 12.5. The van der Waals surface area contributed by atoms with Crippen LogP contribution in [0.3, 0.4) is 0 Å². The van der Waals surface area contributed by atoms with Crippen molar-refractivity contribution in [2.75, 3.05) is 97.3 Å². The van der Waals surface area contributed by atoms with Crippen LogP contribution in [-0.2, 0) is 38.1 Å². The number of allylic oxidation sites excluding steroid dienone is 4. The third kappa shape index (κ3) is 24.7. The van der Waals surface area contributed by atoms with E-state index in [0.29, 0.717) is 13.1 Å². The first-order chi connectivity index (χ1) is 23.7. The van der Waals surface area contributed by atoms with Gasteiger partial charge in [0.15, 0.2) is 0 Å². The Bertz CT molecular complexity index is 914. The Hall–Kier alpha value is -2.06. The van der Waals surface area contributed by atoms with Gasteiger partial charge in [-0.15, -0.1) is 23.5 Å². The molecular formula is C36H63N3O8S2. The summed E-state index contributed by atoms with van der Waals surface area (Å²) in [7, 11) is 2.13. The molecule has 0 amide bonds. The van der Waals surface area contributed by atoms with Gasteiger partial charge in [0.05, 0.1) is 23.3 Å². The van der Waals surface area contributed by atoms with Crippen molar-refractivity contribution in [3.63, 3.8) is 0 Å². The molecule has 1 saturated heterocycles. The Labute approximate surface area is 304 Å². The first-order valence-electron chi connectivity index (χ1n) is 18.0. The largest absolute Gasteiger partial charge is 0.462 e. The summed E-state index contributed by atoms with van der Waals surface area (Å²) in [5.41, 5.74) is 0. The molecular weight excluding hydrogens is 667 g/mol. The normalized spacial score (nSPS) is 15.5. The topological polar surface area (TPSA) is 115 Å². The molecule has 13 heteroatoms. The van der Waals surface area contributed by atoms with Crippen molar-refractivity contribution in [1.29, 1.82) is 0 Å². The van der Waals surface area contributed by atoms with Crippen LogP contribution in [0.1, 0.15) is 72.6 Å². The molecule has 0 spiro atoms. The Balaban J connectivity index is 2.38. The summed E-state index contributed by atoms with van der Waals surface area (Å²) >= 11 is 3.09. The molecule has 2 atom stereocenters. The van der Waals surface area contributed by atoms with E-state index in [1.165, 1.54) is 0 Å². The van der Waals surface area contributed by atoms with Gasteiger partial charge in [0, 0.05) is 39.3 Å². The van der Waals surface area contributed by atoms with Gasteiger partial charge in [-0.2, -0.15) is 0 Å². The van der Waals surface area contributed by atoms with Gasteiger partial charge in [-0.3, -0.25) is 19.2 Å². The van der Waals surface area contributed by atoms with Gasteiger partial charge in [0.2, 0.25) is 0 Å². The van der Waals surface area contributed by atoms with Crippen molar-refractivity contribution < 1.29 is 38.1 Å². The van der Waals surface area contributed by atoms with Crippen LogP contribution < -0.4 is 0 Å². The van der Waals surface area contributed by atoms with Crippen molar-refractivity contribution in [2.24, 2.45) is 0 Å². The number of thioether (sulfide) groups is 2. The molecule has 0 bridgehead atoms. The quantitative estimate of drug-likeness (QED) is 0.0475. The number of likely N-dealkylation sites (N-methyl/N-ethyl adjacent to an activating group) is 1. The van der Waals surface area contributed by atoms with E-state index >= 15 is 0 Å². The van der Waals surface area contributed by atoms with Crippen LogP contribution >= 0.6 is 23.5 Å². The molecule has 1 fully saturated rings. The van der Waals surface area contributed by atoms with E-state index in [9.17, 15) is 19.2 Å². The van der Waals surface area contributed by atoms with Crippen molar-refractivity contribution in [2.45, 2.75) is 83.1 Å². The van der Waals surface area contributed by atoms with Gasteiger partial charge in [-0.05, 0) is 77.6 Å². The van der Waals surface area contributed by atoms with E-state index in [4.69, 9.17) is 18.9 Å². The molecule has 1 rings (SSSR count). The van der Waals surface area contributed by atoms with E-state index in [1.54, 1.807) is 23.5 Å². The van der Waals surface area contributed by atoms with Crippen LogP contribution in [0.25, 0.3) is 0 Å². The van der Waals surface area contributed by atoms with Crippen molar-refractivity contribution in [3.05, 3.63) is 24.3 Å². The summed E-state index contributed by atoms with van der Waals surface area (Å²) in [4.78, 5) is 56.2. The van der Waals surface area contributed by atoms with Crippen molar-refractivity contribution in [3.8, 4) is 0 Å². The number of esters is 4. The van der Waals surface area contributed by atoms with Gasteiger partial charge in [-0.25, -0.2) is 0 Å². The lowest BCUT2D eigenvalue weighted by Gasteiger charge is -2.33. The molecule has 2 unspecified atom stereocenters. The summed E-state index contributed by atoms with van der Waals surface area (Å²) in [6, 6.07) is 0. The molecule has 0 saturated carbocycles. The zero-order valence-corrected chi connectivity index (χ0v) is 32.4. The lowest BCUT2D eigenvalue weighted by Crippen LogP contribution is -2.45. The van der Waals surface area contributed by atoms with E-state index in [-0.39, 0.29) is 73.6 Å². The summed E-state index contributed by atoms with van der Waals surface area (Å²) in [5.74, 6) is 0.321. The predicted octanol–water partition coefficient (Wildman–Crippen LogP) is 4.83. The first-order valence-corrected chi connectivity index (χ1v) is 20.1. The van der Waals surface area contributed by atoms with Crippen LogP contribution in [0.2, 0.25) is 0 Å². The SMILES string of the molecule is CC/C=C\CCSC(C)C(=O)OCCOC(=O)CCN(CCCN1CCN(C)CC1)CCC(=O)OCCOC(=O)C(C)SCC/C=C\CC. The lowest BCUT2D eigenvalue weighted by atomic mass is 10.2. The molecule has 0 aromatic carbocycles. The second-order valence-electron chi connectivity index (χ2n) is 12.0. The van der Waals surface area contributed by atoms with Gasteiger partial charge in [-0.1, -0.05) is 38.2 Å². The highest BCUT2D eigenvalue weighted by Crippen LogP contribution is 2.15. The zero-order valence-electron chi connectivity index (χ0n) is 30.7. The average molecular weight is 730 g/mol. The smallest absolute Gasteiger partial charge is 0.318 e. The number of carbonyl (C=O) groups excluding carboxylic acids is 4. The number of carbonyl (C=O) groups is 4. The molecule has 0 aromatic rings. The molecule has 0 aliphatic carbocycles. The molecule has 1 heterocycles. The molecule has 0 radical (unpaired) electrons. The second kappa shape index (κ2) is 29.6. The van der Waals surface area contributed by atoms with E-state index in [1.807, 2.05) is 13.8 Å². The third-order valence-electron chi connectivity index (χ3n) is 7.76. The Kier molecular flexibility index (Phi) is 27.2. The van der Waals surface area contributed by atoms with Crippen LogP contribution in [0, 0.1) is 0 Å². The monoisotopic (exact) mass is 729 g/mol. The zero-order chi connectivity index (χ0) is 36.1. The van der Waals surface area contributed by atoms with Gasteiger partial charge in [0.25, 0.3) is 0 Å². The number of ether oxygens (including phenoxy) is 4. The summed E-state index contributed by atoms with van der Waals surface area (Å²) in [5, 5.41) is -0.551. The second-order valence-corrected chi connectivity index (χ2v) is 14.9. The molecule has 1 aliphatic rings. The van der Waals surface area contributed by atoms with Crippen LogP contribution in [0.5, 0.6) is 0 Å². The maximum Gasteiger partial charge on any atom is 0.318 e. The summed E-state index contributed by atoms with van der Waals surface area (Å²) < 4.78 is 21.2. The standard InChI is InChI=1S/C36H63N3O8S2/c1-6-8-10-12-29-48-31(3)35(42)46-27-25-44-33(40)15-19-38(17-14-18-39-23-21-37(5)22-24-39)20-16-34(41)45-26-28-47-36(43)32(4)49-30-13-11-9-7-2/h8-11,31-32H,6-7,12-30H2,1-5H3/b10-8-,11-9-. The minimum atomic E-state index is -0.376. The van der Waals surface area contributed by atoms with E-state index in [2.05, 4.69) is 59.9 Å². The number of rotatable bonds is 28. The molecule has 11 nitrogen and oxygen atoms in total. The average Bonchev–Trinajstić information content (AvgIpc) is 3.09. The lowest BCUT2D eigenvalue weighted by molar-refractivity contribution is -0.152. The Morgan fingerprint density at radius 1 is 0.673 bits per heavy atom. The van der Waals surface area contributed by atoms with Gasteiger partial charge in [0.1, 0.15) is 26.4 Å². The van der Waals surface area contributed by atoms with E-state index < -0.39 is 0 Å². The fourth-order valence-corrected chi connectivity index (χ4v) is 6.39. The minimum Gasteiger partial charge on any atom is -0.462 e. The third-order valence-corrected chi connectivity index (χ3v) is 10.1. The number of nitrogens with zero attached hydrogens (tertiary/aromatic N) is 3. The summed E-state index contributed by atoms with van der Waals surface area (Å²) in [6.45, 7) is 14.6. The van der Waals surface area contributed by atoms with Crippen molar-refractivity contribution >= 4 is 47.4 Å². The fourth-order valence-electron chi connectivity index (χ4n) is 4.73. The Morgan fingerprint density at radius 2 is 1.12 bits per heavy atom. The molecule has 282 valence electrons. The number of hydrogen-bond donors (Lipinski definition) is 0. The highest BCUT2D eigenvalue weighted by atomic mass is 32.2. The molecule has 0 N–H and O–H groups in total. The van der Waals surface area contributed by atoms with E-state index in [0.717, 1.165) is 82.9 Å². The van der Waals surface area contributed by atoms with Crippen LogP contribution in [0.15, 0.2) is 24.3 Å². The number of piperazine rings is 1. The Morgan fingerprint density at radius 3 is 1.57 bits per heavy atom. The number of hydrogen-bond acceptors (Lipinski definition) is 13. The maximum atomic E-state index is 12.5. The van der Waals surface area contributed by atoms with Gasteiger partial charge < -0.3 is 33.6 Å². The predicted molar refractivity (Wildman–Crippen MR) is 200 cm³/mol. The molecule has 0 aromatic heterocycles. The minimum absolute atomic E-state index is 0.00920. The first kappa shape index (κ1) is 45.0. The van der Waals surface area contributed by atoms with Crippen LogP contribution in [0.4, 0.5) is 0 Å². The fraction of sp³-hybridized carbons (Fsp3) is 0.778. The molecule has 1 aliphatic heterocycles. The van der Waals surface area contributed by atoms with Crippen LogP contribution in [-0.4, -0.2) is 146 Å². The summed E-state index contributed by atoms with van der Waals surface area (Å²) in [6.07, 6.45) is 13.5. The highest BCUT2D eigenvalue weighted by molar-refractivity contribution is 8.00. The van der Waals surface area contributed by atoms with Crippen molar-refractivity contribution in [1.82, 2.24) is 14.7 Å². The van der Waals surface area contributed by atoms with Gasteiger partial charge >= 0.3 is 23.9 Å².